The van der Waals surface area contributed by atoms with Crippen molar-refractivity contribution in [3.8, 4) is 17.1 Å². The lowest BCUT2D eigenvalue weighted by Gasteiger charge is -2.13. The van der Waals surface area contributed by atoms with Crippen molar-refractivity contribution in [2.45, 2.75) is 13.5 Å². The van der Waals surface area contributed by atoms with E-state index in [1.54, 1.807) is 62.6 Å². The van der Waals surface area contributed by atoms with Gasteiger partial charge in [0.05, 0.1) is 7.11 Å². The minimum Gasteiger partial charge on any atom is -0.497 e. The monoisotopic (exact) mass is 383 g/mol. The van der Waals surface area contributed by atoms with Crippen molar-refractivity contribution in [1.82, 2.24) is 9.55 Å². The summed E-state index contributed by atoms with van der Waals surface area (Å²) in [5, 5.41) is 3.25. The summed E-state index contributed by atoms with van der Waals surface area (Å²) in [5.41, 5.74) is 1.56. The van der Waals surface area contributed by atoms with Crippen molar-refractivity contribution in [3.63, 3.8) is 0 Å². The Morgan fingerprint density at radius 1 is 1.19 bits per heavy atom. The summed E-state index contributed by atoms with van der Waals surface area (Å²) in [5.74, 6) is 0.766. The summed E-state index contributed by atoms with van der Waals surface area (Å²) in [4.78, 5) is 29.4. The molecule has 27 heavy (non-hydrogen) atoms. The first-order valence-corrected chi connectivity index (χ1v) is 8.62. The van der Waals surface area contributed by atoms with Gasteiger partial charge in [-0.05, 0) is 49.4 Å². The molecule has 138 valence electrons. The highest BCUT2D eigenvalue weighted by molar-refractivity contribution is 6.30. The van der Waals surface area contributed by atoms with E-state index in [0.717, 1.165) is 0 Å². The van der Waals surface area contributed by atoms with Gasteiger partial charge in [-0.1, -0.05) is 17.7 Å². The lowest BCUT2D eigenvalue weighted by atomic mass is 10.2. The zero-order valence-corrected chi connectivity index (χ0v) is 15.7. The number of aryl methyl sites for hydroxylation is 1. The molecule has 0 spiro atoms. The molecule has 0 saturated heterocycles. The third kappa shape index (κ3) is 4.54. The quantitative estimate of drug-likeness (QED) is 0.731. The zero-order chi connectivity index (χ0) is 19.4. The van der Waals surface area contributed by atoms with E-state index in [4.69, 9.17) is 16.3 Å². The van der Waals surface area contributed by atoms with Crippen LogP contribution >= 0.6 is 11.6 Å². The van der Waals surface area contributed by atoms with E-state index in [1.807, 2.05) is 0 Å². The summed E-state index contributed by atoms with van der Waals surface area (Å²) in [6.45, 7) is 1.57. The molecule has 0 aliphatic rings. The van der Waals surface area contributed by atoms with Crippen LogP contribution < -0.4 is 15.6 Å². The van der Waals surface area contributed by atoms with Crippen LogP contribution in [0.25, 0.3) is 11.4 Å². The second-order valence-electron chi connectivity index (χ2n) is 5.93. The summed E-state index contributed by atoms with van der Waals surface area (Å²) >= 11 is 5.93. The number of aromatic nitrogens is 2. The lowest BCUT2D eigenvalue weighted by molar-refractivity contribution is -0.116. The SMILES string of the molecule is COc1ccc(-c2nc(C)cc(=O)n2CC(=O)Nc2cccc(Cl)c2)cc1. The molecule has 0 bridgehead atoms. The molecule has 3 rings (SSSR count). The van der Waals surface area contributed by atoms with Crippen LogP contribution in [0.15, 0.2) is 59.4 Å². The summed E-state index contributed by atoms with van der Waals surface area (Å²) in [7, 11) is 1.58. The molecule has 0 unspecified atom stereocenters. The van der Waals surface area contributed by atoms with Crippen LogP contribution in [0.4, 0.5) is 5.69 Å². The van der Waals surface area contributed by atoms with E-state index in [2.05, 4.69) is 10.3 Å². The highest BCUT2D eigenvalue weighted by Gasteiger charge is 2.13. The number of benzene rings is 2. The van der Waals surface area contributed by atoms with Crippen LogP contribution in [0.5, 0.6) is 5.75 Å². The Labute approximate surface area is 161 Å². The van der Waals surface area contributed by atoms with E-state index in [0.29, 0.717) is 33.5 Å². The zero-order valence-electron chi connectivity index (χ0n) is 14.9. The normalized spacial score (nSPS) is 10.5. The Morgan fingerprint density at radius 2 is 1.93 bits per heavy atom. The van der Waals surface area contributed by atoms with Crippen LogP contribution in [0.1, 0.15) is 5.69 Å². The first kappa shape index (κ1) is 18.7. The number of hydrogen-bond acceptors (Lipinski definition) is 4. The van der Waals surface area contributed by atoms with Gasteiger partial charge >= 0.3 is 0 Å². The van der Waals surface area contributed by atoms with Gasteiger partial charge < -0.3 is 10.1 Å². The molecule has 0 radical (unpaired) electrons. The maximum absolute atomic E-state index is 12.5. The highest BCUT2D eigenvalue weighted by Crippen LogP contribution is 2.20. The third-order valence-electron chi connectivity index (χ3n) is 3.89. The van der Waals surface area contributed by atoms with Gasteiger partial charge in [0.25, 0.3) is 5.56 Å². The van der Waals surface area contributed by atoms with Gasteiger partial charge in [-0.3, -0.25) is 14.2 Å². The first-order valence-electron chi connectivity index (χ1n) is 8.24. The van der Waals surface area contributed by atoms with Crippen molar-refractivity contribution in [1.29, 1.82) is 0 Å². The van der Waals surface area contributed by atoms with Gasteiger partial charge in [0.15, 0.2) is 0 Å². The minimum atomic E-state index is -0.347. The molecular weight excluding hydrogens is 366 g/mol. The average Bonchev–Trinajstić information content (AvgIpc) is 2.64. The number of halogens is 1. The van der Waals surface area contributed by atoms with Gasteiger partial charge in [0.1, 0.15) is 18.1 Å². The minimum absolute atomic E-state index is 0.167. The Morgan fingerprint density at radius 3 is 2.59 bits per heavy atom. The Balaban J connectivity index is 1.92. The number of ether oxygens (including phenoxy) is 1. The van der Waals surface area contributed by atoms with E-state index >= 15 is 0 Å². The molecule has 0 aliphatic heterocycles. The standard InChI is InChI=1S/C20H18ClN3O3/c1-13-10-19(26)24(12-18(25)23-16-5-3-4-15(21)11-16)20(22-13)14-6-8-17(27-2)9-7-14/h3-11H,12H2,1-2H3,(H,23,25). The third-order valence-corrected chi connectivity index (χ3v) is 4.13. The summed E-state index contributed by atoms with van der Waals surface area (Å²) < 4.78 is 6.50. The van der Waals surface area contributed by atoms with E-state index < -0.39 is 0 Å². The molecule has 0 saturated carbocycles. The van der Waals surface area contributed by atoms with E-state index in [9.17, 15) is 9.59 Å². The van der Waals surface area contributed by atoms with Crippen molar-refractivity contribution in [2.75, 3.05) is 12.4 Å². The molecule has 7 heteroatoms. The van der Waals surface area contributed by atoms with Gasteiger partial charge in [-0.2, -0.15) is 0 Å². The van der Waals surface area contributed by atoms with Crippen LogP contribution in [0.2, 0.25) is 5.02 Å². The molecular formula is C20H18ClN3O3. The molecule has 0 aliphatic carbocycles. The summed E-state index contributed by atoms with van der Waals surface area (Å²) in [6.07, 6.45) is 0. The van der Waals surface area contributed by atoms with Crippen LogP contribution in [0.3, 0.4) is 0 Å². The second kappa shape index (κ2) is 8.05. The lowest BCUT2D eigenvalue weighted by Crippen LogP contribution is -2.29. The van der Waals surface area contributed by atoms with Gasteiger partial charge in [-0.25, -0.2) is 4.98 Å². The maximum Gasteiger partial charge on any atom is 0.254 e. The molecule has 3 aromatic rings. The second-order valence-corrected chi connectivity index (χ2v) is 6.37. The number of carbonyl (C=O) groups is 1. The van der Waals surface area contributed by atoms with E-state index in [-0.39, 0.29) is 18.0 Å². The molecule has 0 atom stereocenters. The van der Waals surface area contributed by atoms with Crippen LogP contribution in [0, 0.1) is 6.92 Å². The predicted octanol–water partition coefficient (Wildman–Crippen LogP) is 3.52. The van der Waals surface area contributed by atoms with Gasteiger partial charge in [-0.15, -0.1) is 0 Å². The van der Waals surface area contributed by atoms with Crippen molar-refractivity contribution < 1.29 is 9.53 Å². The fourth-order valence-electron chi connectivity index (χ4n) is 2.64. The molecule has 1 N–H and O–H groups in total. The fraction of sp³-hybridized carbons (Fsp3) is 0.150. The van der Waals surface area contributed by atoms with Crippen molar-refractivity contribution in [3.05, 3.63) is 75.7 Å². The number of rotatable bonds is 5. The number of anilines is 1. The number of carbonyl (C=O) groups excluding carboxylic acids is 1. The largest absolute Gasteiger partial charge is 0.497 e. The molecule has 1 amide bonds. The Bertz CT molecular complexity index is 1030. The number of nitrogens with zero attached hydrogens (tertiary/aromatic N) is 2. The number of amides is 1. The smallest absolute Gasteiger partial charge is 0.254 e. The summed E-state index contributed by atoms with van der Waals surface area (Å²) in [6, 6.07) is 15.4. The van der Waals surface area contributed by atoms with Crippen molar-refractivity contribution >= 4 is 23.2 Å². The number of methoxy groups -OCH3 is 1. The van der Waals surface area contributed by atoms with Crippen LogP contribution in [-0.2, 0) is 11.3 Å². The average molecular weight is 384 g/mol. The Hall–Kier alpha value is -3.12. The topological polar surface area (TPSA) is 73.2 Å². The number of hydrogen-bond donors (Lipinski definition) is 1. The van der Waals surface area contributed by atoms with Crippen LogP contribution in [-0.4, -0.2) is 22.6 Å². The number of nitrogens with one attached hydrogen (secondary N) is 1. The Kier molecular flexibility index (Phi) is 5.57. The fourth-order valence-corrected chi connectivity index (χ4v) is 2.83. The molecule has 1 heterocycles. The van der Waals surface area contributed by atoms with Gasteiger partial charge in [0, 0.05) is 28.0 Å². The van der Waals surface area contributed by atoms with Gasteiger partial charge in [0.2, 0.25) is 5.91 Å². The predicted molar refractivity (Wildman–Crippen MR) is 105 cm³/mol. The highest BCUT2D eigenvalue weighted by atomic mass is 35.5. The molecule has 1 aromatic heterocycles. The maximum atomic E-state index is 12.5. The molecule has 6 nitrogen and oxygen atoms in total. The molecule has 2 aromatic carbocycles. The molecule has 0 fully saturated rings. The first-order chi connectivity index (χ1) is 13.0. The van der Waals surface area contributed by atoms with Crippen molar-refractivity contribution in [2.24, 2.45) is 0 Å². The van der Waals surface area contributed by atoms with E-state index in [1.165, 1.54) is 10.6 Å².